The van der Waals surface area contributed by atoms with Crippen LogP contribution in [0, 0.1) is 6.92 Å². The molecule has 110 valence electrons. The van der Waals surface area contributed by atoms with E-state index in [4.69, 9.17) is 4.74 Å². The molecule has 0 saturated heterocycles. The van der Waals surface area contributed by atoms with E-state index in [1.54, 1.807) is 7.11 Å². The highest BCUT2D eigenvalue weighted by atomic mass is 16.5. The molecule has 0 heterocycles. The van der Waals surface area contributed by atoms with Gasteiger partial charge in [-0.3, -0.25) is 10.1 Å². The van der Waals surface area contributed by atoms with Crippen LogP contribution in [0.15, 0.2) is 48.5 Å². The Morgan fingerprint density at radius 1 is 1.19 bits per heavy atom. The smallest absolute Gasteiger partial charge is 0.325 e. The van der Waals surface area contributed by atoms with Crippen molar-refractivity contribution in [2.45, 2.75) is 19.5 Å². The lowest BCUT2D eigenvalue weighted by atomic mass is 10.0. The van der Waals surface area contributed by atoms with Gasteiger partial charge in [-0.15, -0.1) is 0 Å². The summed E-state index contributed by atoms with van der Waals surface area (Å²) in [5.74, 6) is -0.0924. The third-order valence-corrected chi connectivity index (χ3v) is 3.42. The molecule has 0 fully saturated rings. The van der Waals surface area contributed by atoms with E-state index in [-0.39, 0.29) is 0 Å². The second kappa shape index (κ2) is 6.90. The topological polar surface area (TPSA) is 58.6 Å². The Morgan fingerprint density at radius 3 is 2.43 bits per heavy atom. The fourth-order valence-electron chi connectivity index (χ4n) is 2.20. The van der Waals surface area contributed by atoms with Crippen LogP contribution in [0.1, 0.15) is 22.7 Å². The SMILES string of the molecule is COc1ccc(CNC(C(=O)O)c2ccccc2C)cc1. The summed E-state index contributed by atoms with van der Waals surface area (Å²) < 4.78 is 5.10. The third kappa shape index (κ3) is 3.83. The first kappa shape index (κ1) is 15.1. The number of carbonyl (C=O) groups is 1. The van der Waals surface area contributed by atoms with Gasteiger partial charge < -0.3 is 9.84 Å². The number of aliphatic carboxylic acids is 1. The number of benzene rings is 2. The van der Waals surface area contributed by atoms with Gasteiger partial charge in [0.15, 0.2) is 0 Å². The first-order chi connectivity index (χ1) is 10.1. The molecule has 0 aliphatic rings. The molecule has 4 nitrogen and oxygen atoms in total. The van der Waals surface area contributed by atoms with Crippen LogP contribution in [-0.4, -0.2) is 18.2 Å². The first-order valence-corrected chi connectivity index (χ1v) is 6.76. The highest BCUT2D eigenvalue weighted by Gasteiger charge is 2.20. The van der Waals surface area contributed by atoms with Crippen LogP contribution in [0.25, 0.3) is 0 Å². The molecule has 2 aromatic rings. The standard InChI is InChI=1S/C17H19NO3/c1-12-5-3-4-6-15(12)16(17(19)20)18-11-13-7-9-14(21-2)10-8-13/h3-10,16,18H,11H2,1-2H3,(H,19,20). The van der Waals surface area contributed by atoms with Crippen molar-refractivity contribution in [1.29, 1.82) is 0 Å². The second-order valence-electron chi connectivity index (χ2n) is 4.86. The molecule has 0 saturated carbocycles. The summed E-state index contributed by atoms with van der Waals surface area (Å²) in [5.41, 5.74) is 2.77. The van der Waals surface area contributed by atoms with Crippen molar-refractivity contribution in [2.75, 3.05) is 7.11 Å². The normalized spacial score (nSPS) is 11.9. The predicted molar refractivity (Wildman–Crippen MR) is 81.4 cm³/mol. The quantitative estimate of drug-likeness (QED) is 0.856. The summed E-state index contributed by atoms with van der Waals surface area (Å²) in [7, 11) is 1.62. The Labute approximate surface area is 124 Å². The predicted octanol–water partition coefficient (Wildman–Crippen LogP) is 2.92. The van der Waals surface area contributed by atoms with Crippen LogP contribution in [0.5, 0.6) is 5.75 Å². The minimum Gasteiger partial charge on any atom is -0.497 e. The van der Waals surface area contributed by atoms with E-state index in [0.29, 0.717) is 6.54 Å². The highest BCUT2D eigenvalue weighted by Crippen LogP contribution is 2.19. The van der Waals surface area contributed by atoms with Crippen LogP contribution < -0.4 is 10.1 Å². The Kier molecular flexibility index (Phi) is 4.95. The van der Waals surface area contributed by atoms with Crippen molar-refractivity contribution in [3.63, 3.8) is 0 Å². The number of hydrogen-bond acceptors (Lipinski definition) is 3. The number of hydrogen-bond donors (Lipinski definition) is 2. The van der Waals surface area contributed by atoms with Gasteiger partial charge in [0.05, 0.1) is 7.11 Å². The van der Waals surface area contributed by atoms with Crippen LogP contribution in [0.3, 0.4) is 0 Å². The van der Waals surface area contributed by atoms with E-state index in [1.807, 2.05) is 55.5 Å². The van der Waals surface area contributed by atoms with Crippen molar-refractivity contribution in [1.82, 2.24) is 5.32 Å². The van der Waals surface area contributed by atoms with Gasteiger partial charge in [-0.2, -0.15) is 0 Å². The molecule has 1 unspecified atom stereocenters. The van der Waals surface area contributed by atoms with Crippen LogP contribution in [0.2, 0.25) is 0 Å². The zero-order chi connectivity index (χ0) is 15.2. The van der Waals surface area contributed by atoms with E-state index in [0.717, 1.165) is 22.4 Å². The van der Waals surface area contributed by atoms with Gasteiger partial charge in [0.1, 0.15) is 11.8 Å². The molecule has 0 radical (unpaired) electrons. The van der Waals surface area contributed by atoms with Gasteiger partial charge in [-0.25, -0.2) is 0 Å². The molecule has 0 amide bonds. The van der Waals surface area contributed by atoms with Gasteiger partial charge in [0.25, 0.3) is 0 Å². The van der Waals surface area contributed by atoms with Gasteiger partial charge in [0.2, 0.25) is 0 Å². The Bertz CT molecular complexity index is 608. The van der Waals surface area contributed by atoms with Crippen molar-refractivity contribution in [2.24, 2.45) is 0 Å². The molecule has 2 aromatic carbocycles. The second-order valence-corrected chi connectivity index (χ2v) is 4.86. The average Bonchev–Trinajstić information content (AvgIpc) is 2.49. The number of aryl methyl sites for hydroxylation is 1. The molecule has 0 aliphatic carbocycles. The van der Waals surface area contributed by atoms with E-state index >= 15 is 0 Å². The minimum absolute atomic E-state index is 0.481. The van der Waals surface area contributed by atoms with Gasteiger partial charge in [-0.1, -0.05) is 36.4 Å². The Balaban J connectivity index is 2.10. The molecule has 0 aliphatic heterocycles. The fraction of sp³-hybridized carbons (Fsp3) is 0.235. The van der Waals surface area contributed by atoms with E-state index < -0.39 is 12.0 Å². The van der Waals surface area contributed by atoms with Crippen LogP contribution in [0.4, 0.5) is 0 Å². The minimum atomic E-state index is -0.877. The zero-order valence-corrected chi connectivity index (χ0v) is 12.2. The largest absolute Gasteiger partial charge is 0.497 e. The maximum Gasteiger partial charge on any atom is 0.325 e. The van der Waals surface area contributed by atoms with Crippen molar-refractivity contribution >= 4 is 5.97 Å². The van der Waals surface area contributed by atoms with Gasteiger partial charge in [-0.05, 0) is 35.7 Å². The fourth-order valence-corrected chi connectivity index (χ4v) is 2.20. The summed E-state index contributed by atoms with van der Waals surface area (Å²) in [5, 5.41) is 12.5. The molecule has 21 heavy (non-hydrogen) atoms. The lowest BCUT2D eigenvalue weighted by Gasteiger charge is -2.17. The van der Waals surface area contributed by atoms with Crippen LogP contribution >= 0.6 is 0 Å². The number of carboxylic acids is 1. The molecule has 4 heteroatoms. The first-order valence-electron chi connectivity index (χ1n) is 6.76. The lowest BCUT2D eigenvalue weighted by molar-refractivity contribution is -0.139. The molecular weight excluding hydrogens is 266 g/mol. The monoisotopic (exact) mass is 285 g/mol. The average molecular weight is 285 g/mol. The molecule has 0 spiro atoms. The number of nitrogens with one attached hydrogen (secondary N) is 1. The summed E-state index contributed by atoms with van der Waals surface area (Å²) in [6.07, 6.45) is 0. The molecule has 2 N–H and O–H groups in total. The van der Waals surface area contributed by atoms with Crippen molar-refractivity contribution in [3.05, 3.63) is 65.2 Å². The molecule has 0 bridgehead atoms. The van der Waals surface area contributed by atoms with Gasteiger partial charge in [0, 0.05) is 6.54 Å². The van der Waals surface area contributed by atoms with Crippen molar-refractivity contribution in [3.8, 4) is 5.75 Å². The highest BCUT2D eigenvalue weighted by molar-refractivity contribution is 5.76. The lowest BCUT2D eigenvalue weighted by Crippen LogP contribution is -2.28. The Hall–Kier alpha value is -2.33. The van der Waals surface area contributed by atoms with Crippen LogP contribution in [-0.2, 0) is 11.3 Å². The van der Waals surface area contributed by atoms with E-state index in [9.17, 15) is 9.90 Å². The summed E-state index contributed by atoms with van der Waals surface area (Å²) in [6.45, 7) is 2.40. The maximum absolute atomic E-state index is 11.5. The Morgan fingerprint density at radius 2 is 1.86 bits per heavy atom. The summed E-state index contributed by atoms with van der Waals surface area (Å²) in [6, 6.07) is 14.4. The number of methoxy groups -OCH3 is 1. The van der Waals surface area contributed by atoms with E-state index in [2.05, 4.69) is 5.32 Å². The number of ether oxygens (including phenoxy) is 1. The van der Waals surface area contributed by atoms with Gasteiger partial charge >= 0.3 is 5.97 Å². The van der Waals surface area contributed by atoms with Crippen molar-refractivity contribution < 1.29 is 14.6 Å². The molecule has 2 rings (SSSR count). The number of carboxylic acid groups (broad SMARTS) is 1. The number of rotatable bonds is 6. The summed E-state index contributed by atoms with van der Waals surface area (Å²) in [4.78, 5) is 11.5. The summed E-state index contributed by atoms with van der Waals surface area (Å²) >= 11 is 0. The molecular formula is C17H19NO3. The molecule has 1 atom stereocenters. The maximum atomic E-state index is 11.5. The van der Waals surface area contributed by atoms with E-state index in [1.165, 1.54) is 0 Å². The third-order valence-electron chi connectivity index (χ3n) is 3.42. The zero-order valence-electron chi connectivity index (χ0n) is 12.2. The molecule has 0 aromatic heterocycles.